The highest BCUT2D eigenvalue weighted by molar-refractivity contribution is 5.96. The van der Waals surface area contributed by atoms with Gasteiger partial charge in [-0.05, 0) is 78.6 Å². The maximum Gasteiger partial charge on any atom is 0.407 e. The Morgan fingerprint density at radius 3 is 2.35 bits per heavy atom. The molecule has 0 aromatic heterocycles. The Bertz CT molecular complexity index is 1730. The molecule has 2 amide bonds. The molecular formula is C36H36F4N4O5. The summed E-state index contributed by atoms with van der Waals surface area (Å²) in [6, 6.07) is 17.8. The summed E-state index contributed by atoms with van der Waals surface area (Å²) in [6.45, 7) is 2.25. The number of amides is 2. The van der Waals surface area contributed by atoms with Crippen molar-refractivity contribution in [2.75, 3.05) is 31.7 Å². The SMILES string of the molecule is C[C@H](NC(=O)OC[C@@H]1CO[C@H](COc2c(F)cccc2NC(=O)[C@@H](N)Cc2ccc(F)c(-c3ccc(F)cc3)c2)CN1)c1ccc(F)cc1. The number of nitrogens with one attached hydrogen (secondary N) is 3. The predicted molar refractivity (Wildman–Crippen MR) is 175 cm³/mol. The summed E-state index contributed by atoms with van der Waals surface area (Å²) in [5, 5.41) is 8.50. The highest BCUT2D eigenvalue weighted by Gasteiger charge is 2.25. The largest absolute Gasteiger partial charge is 0.486 e. The minimum absolute atomic E-state index is 0.0325. The molecular weight excluding hydrogens is 644 g/mol. The number of hydrogen-bond donors (Lipinski definition) is 4. The van der Waals surface area contributed by atoms with E-state index >= 15 is 0 Å². The first-order valence-corrected chi connectivity index (χ1v) is 15.6. The average molecular weight is 681 g/mol. The van der Waals surface area contributed by atoms with Gasteiger partial charge in [-0.2, -0.15) is 0 Å². The van der Waals surface area contributed by atoms with Crippen molar-refractivity contribution in [2.45, 2.75) is 37.6 Å². The number of anilines is 1. The Labute approximate surface area is 280 Å². The van der Waals surface area contributed by atoms with Gasteiger partial charge >= 0.3 is 6.09 Å². The summed E-state index contributed by atoms with van der Waals surface area (Å²) in [7, 11) is 0. The lowest BCUT2D eigenvalue weighted by Gasteiger charge is -2.30. The van der Waals surface area contributed by atoms with Crippen LogP contribution in [0.3, 0.4) is 0 Å². The second-order valence-corrected chi connectivity index (χ2v) is 11.6. The highest BCUT2D eigenvalue weighted by atomic mass is 19.1. The summed E-state index contributed by atoms with van der Waals surface area (Å²) in [4.78, 5) is 25.2. The first kappa shape index (κ1) is 35.3. The van der Waals surface area contributed by atoms with Crippen LogP contribution in [0.15, 0.2) is 84.9 Å². The van der Waals surface area contributed by atoms with Gasteiger partial charge in [0.2, 0.25) is 5.91 Å². The second-order valence-electron chi connectivity index (χ2n) is 11.6. The molecule has 13 heteroatoms. The van der Waals surface area contributed by atoms with Crippen LogP contribution in [0, 0.1) is 23.3 Å². The van der Waals surface area contributed by atoms with Crippen molar-refractivity contribution in [3.05, 3.63) is 119 Å². The Kier molecular flexibility index (Phi) is 11.8. The number of carbonyl (C=O) groups excluding carboxylic acids is 2. The molecule has 0 unspecified atom stereocenters. The highest BCUT2D eigenvalue weighted by Crippen LogP contribution is 2.29. The van der Waals surface area contributed by atoms with Crippen molar-refractivity contribution in [2.24, 2.45) is 5.73 Å². The summed E-state index contributed by atoms with van der Waals surface area (Å²) >= 11 is 0. The van der Waals surface area contributed by atoms with Crippen LogP contribution in [-0.2, 0) is 20.7 Å². The number of morpholine rings is 1. The van der Waals surface area contributed by atoms with Crippen LogP contribution in [0.5, 0.6) is 5.75 Å². The molecule has 5 N–H and O–H groups in total. The smallest absolute Gasteiger partial charge is 0.407 e. The third kappa shape index (κ3) is 9.78. The maximum absolute atomic E-state index is 14.8. The van der Waals surface area contributed by atoms with Gasteiger partial charge in [0.15, 0.2) is 11.6 Å². The molecule has 258 valence electrons. The van der Waals surface area contributed by atoms with E-state index in [1.54, 1.807) is 25.1 Å². The van der Waals surface area contributed by atoms with E-state index in [0.29, 0.717) is 17.7 Å². The number of rotatable bonds is 12. The van der Waals surface area contributed by atoms with Gasteiger partial charge in [0.1, 0.15) is 36.8 Å². The number of halogens is 4. The van der Waals surface area contributed by atoms with Crippen LogP contribution in [0.1, 0.15) is 24.1 Å². The topological polar surface area (TPSA) is 124 Å². The van der Waals surface area contributed by atoms with Crippen molar-refractivity contribution < 1.29 is 41.4 Å². The van der Waals surface area contributed by atoms with Crippen molar-refractivity contribution >= 4 is 17.7 Å². The molecule has 1 fully saturated rings. The van der Waals surface area contributed by atoms with Crippen LogP contribution < -0.4 is 26.4 Å². The zero-order chi connectivity index (χ0) is 34.9. The number of nitrogens with two attached hydrogens (primary N) is 1. The van der Waals surface area contributed by atoms with Gasteiger partial charge in [-0.1, -0.05) is 36.4 Å². The van der Waals surface area contributed by atoms with Crippen molar-refractivity contribution in [1.82, 2.24) is 10.6 Å². The summed E-state index contributed by atoms with van der Waals surface area (Å²) in [5.41, 5.74) is 8.25. The molecule has 0 spiro atoms. The minimum atomic E-state index is -1.07. The third-order valence-electron chi connectivity index (χ3n) is 7.90. The number of alkyl carbamates (subject to hydrolysis) is 1. The fraction of sp³-hybridized carbons (Fsp3) is 0.278. The molecule has 1 aliphatic heterocycles. The van der Waals surface area contributed by atoms with Gasteiger partial charge in [-0.15, -0.1) is 0 Å². The van der Waals surface area contributed by atoms with Crippen molar-refractivity contribution in [3.8, 4) is 16.9 Å². The van der Waals surface area contributed by atoms with E-state index in [2.05, 4.69) is 16.0 Å². The molecule has 1 saturated heterocycles. The summed E-state index contributed by atoms with van der Waals surface area (Å²) < 4.78 is 72.7. The Balaban J connectivity index is 1.08. The molecule has 4 aromatic carbocycles. The monoisotopic (exact) mass is 680 g/mol. The third-order valence-corrected chi connectivity index (χ3v) is 7.90. The van der Waals surface area contributed by atoms with E-state index in [4.69, 9.17) is 19.9 Å². The van der Waals surface area contributed by atoms with Crippen LogP contribution in [-0.4, -0.2) is 56.6 Å². The molecule has 4 aromatic rings. The number of para-hydroxylation sites is 1. The van der Waals surface area contributed by atoms with Crippen molar-refractivity contribution in [1.29, 1.82) is 0 Å². The van der Waals surface area contributed by atoms with Crippen LogP contribution in [0.2, 0.25) is 0 Å². The fourth-order valence-electron chi connectivity index (χ4n) is 5.16. The Morgan fingerprint density at radius 2 is 1.65 bits per heavy atom. The standard InChI is InChI=1S/C36H36F4N4O5/c1-21(23-6-10-25(37)11-7-23)43-36(46)49-19-27-18-47-28(17-42-27)20-48-34-31(40)3-2-4-33(34)44-35(45)32(41)16-22-5-14-30(39)29(15-22)24-8-12-26(38)13-9-24/h2-15,21,27-28,32,42H,16-20,41H2,1H3,(H,43,46)(H,44,45)/t21-,27-,28-,32-/m0/s1. The zero-order valence-electron chi connectivity index (χ0n) is 26.6. The molecule has 1 aliphatic rings. The van der Waals surface area contributed by atoms with Gasteiger partial charge in [0.25, 0.3) is 0 Å². The van der Waals surface area contributed by atoms with Crippen LogP contribution >= 0.6 is 0 Å². The molecule has 0 saturated carbocycles. The predicted octanol–water partition coefficient (Wildman–Crippen LogP) is 5.64. The van der Waals surface area contributed by atoms with Gasteiger partial charge in [0, 0.05) is 12.1 Å². The molecule has 9 nitrogen and oxygen atoms in total. The number of carbonyl (C=O) groups is 2. The molecule has 5 rings (SSSR count). The molecule has 0 radical (unpaired) electrons. The Hall–Kier alpha value is -4.98. The minimum Gasteiger partial charge on any atom is -0.486 e. The van der Waals surface area contributed by atoms with Gasteiger partial charge < -0.3 is 35.9 Å². The quantitative estimate of drug-likeness (QED) is 0.143. The molecule has 49 heavy (non-hydrogen) atoms. The first-order valence-electron chi connectivity index (χ1n) is 15.6. The molecule has 0 bridgehead atoms. The lowest BCUT2D eigenvalue weighted by atomic mass is 9.98. The Morgan fingerprint density at radius 1 is 0.939 bits per heavy atom. The van der Waals surface area contributed by atoms with E-state index in [1.165, 1.54) is 66.7 Å². The first-order chi connectivity index (χ1) is 23.5. The molecule has 1 heterocycles. The average Bonchev–Trinajstić information content (AvgIpc) is 3.09. The van der Waals surface area contributed by atoms with E-state index in [1.807, 2.05) is 0 Å². The summed E-state index contributed by atoms with van der Waals surface area (Å²) in [6.07, 6.45) is -1.05. The van der Waals surface area contributed by atoms with Crippen molar-refractivity contribution in [3.63, 3.8) is 0 Å². The summed E-state index contributed by atoms with van der Waals surface area (Å²) in [5.74, 6) is -2.83. The van der Waals surface area contributed by atoms with Gasteiger partial charge in [0.05, 0.1) is 30.4 Å². The lowest BCUT2D eigenvalue weighted by molar-refractivity contribution is -0.117. The normalized spacial score (nSPS) is 17.1. The number of ether oxygens (including phenoxy) is 3. The van der Waals surface area contributed by atoms with E-state index in [9.17, 15) is 27.2 Å². The lowest BCUT2D eigenvalue weighted by Crippen LogP contribution is -2.51. The van der Waals surface area contributed by atoms with E-state index in [-0.39, 0.29) is 61.1 Å². The van der Waals surface area contributed by atoms with Gasteiger partial charge in [-0.3, -0.25) is 4.79 Å². The second kappa shape index (κ2) is 16.4. The van der Waals surface area contributed by atoms with E-state index < -0.39 is 41.6 Å². The van der Waals surface area contributed by atoms with Gasteiger partial charge in [-0.25, -0.2) is 22.4 Å². The maximum atomic E-state index is 14.8. The number of hydrogen-bond acceptors (Lipinski definition) is 7. The number of benzene rings is 4. The molecule has 0 aliphatic carbocycles. The van der Waals surface area contributed by atoms with Crippen LogP contribution in [0.4, 0.5) is 28.0 Å². The fourth-order valence-corrected chi connectivity index (χ4v) is 5.16. The molecule has 4 atom stereocenters. The van der Waals surface area contributed by atoms with E-state index in [0.717, 1.165) is 5.56 Å². The zero-order valence-corrected chi connectivity index (χ0v) is 26.6. The van der Waals surface area contributed by atoms with Crippen LogP contribution in [0.25, 0.3) is 11.1 Å².